The van der Waals surface area contributed by atoms with Crippen LogP contribution in [0.25, 0.3) is 0 Å². The number of allylic oxidation sites excluding steroid dienone is 2. The highest BCUT2D eigenvalue weighted by molar-refractivity contribution is 5.99. The number of non-ortho nitro benzene ring substituents is 1. The summed E-state index contributed by atoms with van der Waals surface area (Å²) in [6.45, 7) is 3.19. The molecule has 0 spiro atoms. The molecule has 0 aromatic heterocycles. The summed E-state index contributed by atoms with van der Waals surface area (Å²) in [5.74, 6) is -2.75. The van der Waals surface area contributed by atoms with Crippen LogP contribution in [0.4, 0.5) is 10.1 Å². The number of nitro groups is 1. The number of halogens is 1. The zero-order chi connectivity index (χ0) is 23.4. The molecule has 32 heavy (non-hydrogen) atoms. The lowest BCUT2D eigenvalue weighted by atomic mass is 9.80. The summed E-state index contributed by atoms with van der Waals surface area (Å²) in [5, 5.41) is 14.3. The van der Waals surface area contributed by atoms with E-state index < -0.39 is 28.6 Å². The molecule has 1 aliphatic rings. The Hall–Kier alpha value is -4.01. The fraction of sp³-hybridized carbons (Fsp3) is 0.217. The predicted octanol–water partition coefficient (Wildman–Crippen LogP) is 3.89. The minimum Gasteiger partial charge on any atom is -0.466 e. The summed E-state index contributed by atoms with van der Waals surface area (Å²) >= 11 is 0. The van der Waals surface area contributed by atoms with Gasteiger partial charge in [-0.3, -0.25) is 10.1 Å². The van der Waals surface area contributed by atoms with Crippen molar-refractivity contribution in [2.24, 2.45) is 0 Å². The van der Waals surface area contributed by atoms with E-state index in [9.17, 15) is 24.1 Å². The summed E-state index contributed by atoms with van der Waals surface area (Å²) in [7, 11) is 1.21. The first-order chi connectivity index (χ1) is 15.2. The van der Waals surface area contributed by atoms with Crippen LogP contribution >= 0.6 is 0 Å². The minimum absolute atomic E-state index is 0.117. The maximum absolute atomic E-state index is 13.1. The maximum Gasteiger partial charge on any atom is 0.337 e. The van der Waals surface area contributed by atoms with Crippen LogP contribution in [-0.4, -0.2) is 24.0 Å². The zero-order valence-corrected chi connectivity index (χ0v) is 17.7. The molecule has 1 unspecified atom stereocenters. The second kappa shape index (κ2) is 9.42. The van der Waals surface area contributed by atoms with E-state index in [0.717, 1.165) is 0 Å². The van der Waals surface area contributed by atoms with E-state index in [-0.39, 0.29) is 23.4 Å². The number of ether oxygens (including phenoxy) is 2. The molecular formula is C23H21FN2O6. The van der Waals surface area contributed by atoms with Crippen molar-refractivity contribution in [3.8, 4) is 0 Å². The Bertz CT molecular complexity index is 1140. The Morgan fingerprint density at radius 3 is 2.28 bits per heavy atom. The van der Waals surface area contributed by atoms with Gasteiger partial charge in [-0.1, -0.05) is 24.3 Å². The number of esters is 2. The van der Waals surface area contributed by atoms with E-state index in [2.05, 4.69) is 5.32 Å². The highest BCUT2D eigenvalue weighted by Gasteiger charge is 2.38. The number of carbonyl (C=O) groups is 2. The molecule has 1 atom stereocenters. The normalized spacial score (nSPS) is 15.8. The maximum atomic E-state index is 13.1. The summed E-state index contributed by atoms with van der Waals surface area (Å²) in [6, 6.07) is 11.2. The molecule has 0 fully saturated rings. The number of nitrogens with zero attached hydrogens (tertiary/aromatic N) is 1. The summed E-state index contributed by atoms with van der Waals surface area (Å²) in [4.78, 5) is 36.5. The smallest absolute Gasteiger partial charge is 0.337 e. The molecule has 0 saturated heterocycles. The molecule has 0 radical (unpaired) electrons. The molecule has 0 aliphatic carbocycles. The van der Waals surface area contributed by atoms with E-state index in [4.69, 9.17) is 9.47 Å². The average molecular weight is 440 g/mol. The van der Waals surface area contributed by atoms with Gasteiger partial charge in [0.1, 0.15) is 12.4 Å². The summed E-state index contributed by atoms with van der Waals surface area (Å²) < 4.78 is 23.5. The number of nitrogens with one attached hydrogen (secondary N) is 1. The molecule has 1 heterocycles. The van der Waals surface area contributed by atoms with Crippen LogP contribution in [0.2, 0.25) is 0 Å². The number of hydrogen-bond acceptors (Lipinski definition) is 7. The molecule has 8 nitrogen and oxygen atoms in total. The van der Waals surface area contributed by atoms with Crippen LogP contribution in [0.15, 0.2) is 71.1 Å². The minimum atomic E-state index is -0.940. The Morgan fingerprint density at radius 1 is 1.06 bits per heavy atom. The monoisotopic (exact) mass is 440 g/mol. The molecule has 1 N–H and O–H groups in total. The first-order valence-electron chi connectivity index (χ1n) is 9.65. The molecule has 3 rings (SSSR count). The van der Waals surface area contributed by atoms with Gasteiger partial charge in [0, 0.05) is 23.5 Å². The molecular weight excluding hydrogens is 419 g/mol. The largest absolute Gasteiger partial charge is 0.466 e. The van der Waals surface area contributed by atoms with Crippen molar-refractivity contribution >= 4 is 17.6 Å². The quantitative estimate of drug-likeness (QED) is 0.412. The van der Waals surface area contributed by atoms with E-state index in [0.29, 0.717) is 22.5 Å². The molecule has 0 bridgehead atoms. The van der Waals surface area contributed by atoms with Crippen LogP contribution in [0.1, 0.15) is 30.9 Å². The molecule has 1 aliphatic heterocycles. The van der Waals surface area contributed by atoms with E-state index in [1.165, 1.54) is 49.6 Å². The first-order valence-corrected chi connectivity index (χ1v) is 9.65. The highest BCUT2D eigenvalue weighted by Crippen LogP contribution is 2.40. The SMILES string of the molecule is COC(=O)C1=C(C)NC(C)=C(C(=O)OCc2ccc(F)cc2)C1c1cccc([N+](=O)[O-])c1. The Morgan fingerprint density at radius 2 is 1.69 bits per heavy atom. The number of hydrogen-bond donors (Lipinski definition) is 1. The van der Waals surface area contributed by atoms with Gasteiger partial charge in [0.05, 0.1) is 29.1 Å². The van der Waals surface area contributed by atoms with Gasteiger partial charge < -0.3 is 14.8 Å². The van der Waals surface area contributed by atoms with Gasteiger partial charge in [-0.2, -0.15) is 0 Å². The van der Waals surface area contributed by atoms with Crippen molar-refractivity contribution in [1.82, 2.24) is 5.32 Å². The third-order valence-electron chi connectivity index (χ3n) is 5.08. The summed E-state index contributed by atoms with van der Waals surface area (Å²) in [5.41, 5.74) is 1.93. The van der Waals surface area contributed by atoms with E-state index in [1.807, 2.05) is 0 Å². The van der Waals surface area contributed by atoms with Crippen molar-refractivity contribution in [3.63, 3.8) is 0 Å². The molecule has 2 aromatic rings. The van der Waals surface area contributed by atoms with Gasteiger partial charge in [-0.05, 0) is 37.1 Å². The lowest BCUT2D eigenvalue weighted by Crippen LogP contribution is -2.32. The number of carbonyl (C=O) groups excluding carboxylic acids is 2. The number of rotatable bonds is 6. The van der Waals surface area contributed by atoms with Crippen LogP contribution in [0.5, 0.6) is 0 Å². The Labute approximate surface area is 183 Å². The molecule has 0 amide bonds. The Kier molecular flexibility index (Phi) is 6.67. The standard InChI is InChI=1S/C23H21FN2O6/c1-13-19(22(27)31-3)21(16-5-4-6-18(11-16)26(29)30)20(14(2)25-13)23(28)32-12-15-7-9-17(24)10-8-15/h4-11,21,25H,12H2,1-3H3. The van der Waals surface area contributed by atoms with Gasteiger partial charge in [0.2, 0.25) is 0 Å². The van der Waals surface area contributed by atoms with Crippen molar-refractivity contribution in [3.05, 3.63) is 98.1 Å². The van der Waals surface area contributed by atoms with Crippen LogP contribution in [-0.2, 0) is 25.7 Å². The van der Waals surface area contributed by atoms with Gasteiger partial charge in [-0.25, -0.2) is 14.0 Å². The zero-order valence-electron chi connectivity index (χ0n) is 17.7. The second-order valence-corrected chi connectivity index (χ2v) is 7.18. The fourth-order valence-electron chi connectivity index (χ4n) is 3.60. The Balaban J connectivity index is 2.03. The van der Waals surface area contributed by atoms with Crippen LogP contribution < -0.4 is 5.32 Å². The van der Waals surface area contributed by atoms with Crippen molar-refractivity contribution in [2.75, 3.05) is 7.11 Å². The lowest BCUT2D eigenvalue weighted by Gasteiger charge is -2.30. The van der Waals surface area contributed by atoms with Crippen LogP contribution in [0, 0.1) is 15.9 Å². The third-order valence-corrected chi connectivity index (χ3v) is 5.08. The van der Waals surface area contributed by atoms with E-state index in [1.54, 1.807) is 19.9 Å². The fourth-order valence-corrected chi connectivity index (χ4v) is 3.60. The van der Waals surface area contributed by atoms with Crippen molar-refractivity contribution in [2.45, 2.75) is 26.4 Å². The highest BCUT2D eigenvalue weighted by atomic mass is 19.1. The van der Waals surface area contributed by atoms with Gasteiger partial charge in [-0.15, -0.1) is 0 Å². The molecule has 166 valence electrons. The topological polar surface area (TPSA) is 108 Å². The van der Waals surface area contributed by atoms with Crippen molar-refractivity contribution < 1.29 is 28.4 Å². The number of nitro benzene ring substituents is 1. The number of dihydropyridines is 1. The second-order valence-electron chi connectivity index (χ2n) is 7.18. The van der Waals surface area contributed by atoms with Crippen molar-refractivity contribution in [1.29, 1.82) is 0 Å². The van der Waals surface area contributed by atoms with Gasteiger partial charge in [0.15, 0.2) is 0 Å². The van der Waals surface area contributed by atoms with E-state index >= 15 is 0 Å². The predicted molar refractivity (Wildman–Crippen MR) is 113 cm³/mol. The van der Waals surface area contributed by atoms with Gasteiger partial charge >= 0.3 is 11.9 Å². The third kappa shape index (κ3) is 4.66. The average Bonchev–Trinajstić information content (AvgIpc) is 2.77. The van der Waals surface area contributed by atoms with Gasteiger partial charge in [0.25, 0.3) is 5.69 Å². The first kappa shape index (κ1) is 22.7. The molecule has 0 saturated carbocycles. The lowest BCUT2D eigenvalue weighted by molar-refractivity contribution is -0.384. The number of benzene rings is 2. The molecule has 2 aromatic carbocycles. The number of methoxy groups -OCH3 is 1. The van der Waals surface area contributed by atoms with Crippen LogP contribution in [0.3, 0.4) is 0 Å². The molecule has 9 heteroatoms. The summed E-state index contributed by atoms with van der Waals surface area (Å²) in [6.07, 6.45) is 0.